The standard InChI is InChI=1S/C17H28FN3/c1-4-6-11-21(13(3)5-2)17-16(18)14(9-10-19-17)12-20-15-7-8-15/h9-10,13,15,20H,4-8,11-12H2,1-3H3. The monoisotopic (exact) mass is 293 g/mol. The predicted octanol–water partition coefficient (Wildman–Crippen LogP) is 3.88. The van der Waals surface area contributed by atoms with Gasteiger partial charge in [-0.3, -0.25) is 0 Å². The van der Waals surface area contributed by atoms with Gasteiger partial charge in [-0.1, -0.05) is 20.3 Å². The van der Waals surface area contributed by atoms with Crippen molar-refractivity contribution in [3.8, 4) is 0 Å². The molecule has 1 unspecified atom stereocenters. The van der Waals surface area contributed by atoms with Gasteiger partial charge < -0.3 is 10.2 Å². The number of hydrogen-bond donors (Lipinski definition) is 1. The average molecular weight is 293 g/mol. The van der Waals surface area contributed by atoms with Crippen molar-refractivity contribution in [1.29, 1.82) is 0 Å². The normalized spacial score (nSPS) is 16.0. The summed E-state index contributed by atoms with van der Waals surface area (Å²) in [4.78, 5) is 6.45. The van der Waals surface area contributed by atoms with Gasteiger partial charge in [-0.15, -0.1) is 0 Å². The van der Waals surface area contributed by atoms with Crippen LogP contribution in [0.25, 0.3) is 0 Å². The second-order valence-electron chi connectivity index (χ2n) is 6.07. The summed E-state index contributed by atoms with van der Waals surface area (Å²) in [5.41, 5.74) is 0.733. The number of nitrogens with zero attached hydrogens (tertiary/aromatic N) is 2. The van der Waals surface area contributed by atoms with Gasteiger partial charge in [-0.2, -0.15) is 0 Å². The van der Waals surface area contributed by atoms with Crippen molar-refractivity contribution in [2.75, 3.05) is 11.4 Å². The molecule has 1 aromatic rings. The number of aromatic nitrogens is 1. The zero-order valence-electron chi connectivity index (χ0n) is 13.5. The van der Waals surface area contributed by atoms with E-state index in [9.17, 15) is 4.39 Å². The van der Waals surface area contributed by atoms with Crippen molar-refractivity contribution < 1.29 is 4.39 Å². The van der Waals surface area contributed by atoms with Gasteiger partial charge >= 0.3 is 0 Å². The minimum atomic E-state index is -0.151. The van der Waals surface area contributed by atoms with E-state index in [4.69, 9.17) is 0 Å². The molecule has 0 spiro atoms. The Morgan fingerprint density at radius 2 is 2.19 bits per heavy atom. The Labute approximate surface area is 127 Å². The van der Waals surface area contributed by atoms with Gasteiger partial charge in [0.2, 0.25) is 0 Å². The summed E-state index contributed by atoms with van der Waals surface area (Å²) in [6.45, 7) is 7.92. The summed E-state index contributed by atoms with van der Waals surface area (Å²) in [5.74, 6) is 0.370. The predicted molar refractivity (Wildman–Crippen MR) is 86.1 cm³/mol. The van der Waals surface area contributed by atoms with Crippen LogP contribution in [0.1, 0.15) is 58.4 Å². The van der Waals surface area contributed by atoms with Crippen LogP contribution in [0.3, 0.4) is 0 Å². The Morgan fingerprint density at radius 1 is 1.43 bits per heavy atom. The molecule has 2 rings (SSSR count). The van der Waals surface area contributed by atoms with Crippen molar-refractivity contribution in [2.24, 2.45) is 0 Å². The van der Waals surface area contributed by atoms with Crippen LogP contribution in [0, 0.1) is 5.82 Å². The first kappa shape index (κ1) is 16.2. The van der Waals surface area contributed by atoms with Gasteiger partial charge in [-0.05, 0) is 38.7 Å². The van der Waals surface area contributed by atoms with Gasteiger partial charge in [-0.25, -0.2) is 9.37 Å². The van der Waals surface area contributed by atoms with Gasteiger partial charge in [0, 0.05) is 36.9 Å². The molecule has 1 heterocycles. The van der Waals surface area contributed by atoms with Gasteiger partial charge in [0.1, 0.15) is 0 Å². The highest BCUT2D eigenvalue weighted by Gasteiger charge is 2.23. The maximum atomic E-state index is 14.8. The first-order valence-electron chi connectivity index (χ1n) is 8.30. The van der Waals surface area contributed by atoms with E-state index in [0.29, 0.717) is 24.4 Å². The van der Waals surface area contributed by atoms with E-state index in [2.05, 4.69) is 36.0 Å². The molecule has 0 radical (unpaired) electrons. The fraction of sp³-hybridized carbons (Fsp3) is 0.706. The van der Waals surface area contributed by atoms with E-state index in [1.54, 1.807) is 12.3 Å². The third-order valence-corrected chi connectivity index (χ3v) is 4.26. The quantitative estimate of drug-likeness (QED) is 0.749. The first-order valence-corrected chi connectivity index (χ1v) is 8.30. The van der Waals surface area contributed by atoms with Crippen molar-refractivity contribution >= 4 is 5.82 Å². The van der Waals surface area contributed by atoms with Gasteiger partial charge in [0.05, 0.1) is 0 Å². The molecule has 118 valence electrons. The van der Waals surface area contributed by atoms with Crippen LogP contribution in [0.15, 0.2) is 12.3 Å². The number of hydrogen-bond acceptors (Lipinski definition) is 3. The number of rotatable bonds is 9. The highest BCUT2D eigenvalue weighted by Crippen LogP contribution is 2.24. The van der Waals surface area contributed by atoms with Gasteiger partial charge in [0.25, 0.3) is 0 Å². The lowest BCUT2D eigenvalue weighted by molar-refractivity contribution is 0.541. The maximum absolute atomic E-state index is 14.8. The third-order valence-electron chi connectivity index (χ3n) is 4.26. The van der Waals surface area contributed by atoms with E-state index in [1.165, 1.54) is 12.8 Å². The van der Waals surface area contributed by atoms with Gasteiger partial charge in [0.15, 0.2) is 11.6 Å². The molecule has 1 atom stereocenters. The molecule has 0 aromatic carbocycles. The Hall–Kier alpha value is -1.16. The number of unbranched alkanes of at least 4 members (excludes halogenated alkanes) is 1. The number of anilines is 1. The zero-order chi connectivity index (χ0) is 15.2. The van der Waals surface area contributed by atoms with Crippen molar-refractivity contribution in [3.63, 3.8) is 0 Å². The van der Waals surface area contributed by atoms with E-state index in [0.717, 1.165) is 31.4 Å². The molecular formula is C17H28FN3. The largest absolute Gasteiger partial charge is 0.351 e. The molecule has 0 saturated heterocycles. The molecule has 1 N–H and O–H groups in total. The second-order valence-corrected chi connectivity index (χ2v) is 6.07. The fourth-order valence-electron chi connectivity index (χ4n) is 2.43. The first-order chi connectivity index (χ1) is 10.2. The van der Waals surface area contributed by atoms with Crippen molar-refractivity contribution in [2.45, 2.75) is 71.5 Å². The zero-order valence-corrected chi connectivity index (χ0v) is 13.5. The Kier molecular flexibility index (Phi) is 5.97. The lowest BCUT2D eigenvalue weighted by Gasteiger charge is -2.30. The molecule has 1 fully saturated rings. The molecule has 0 amide bonds. The van der Waals surface area contributed by atoms with Crippen LogP contribution in [0.2, 0.25) is 0 Å². The van der Waals surface area contributed by atoms with E-state index in [-0.39, 0.29) is 5.82 Å². The number of pyridine rings is 1. The lowest BCUT2D eigenvalue weighted by Crippen LogP contribution is -2.35. The topological polar surface area (TPSA) is 28.2 Å². The molecule has 0 aliphatic heterocycles. The van der Waals surface area contributed by atoms with Crippen LogP contribution in [0.5, 0.6) is 0 Å². The minimum absolute atomic E-state index is 0.151. The van der Waals surface area contributed by atoms with E-state index >= 15 is 0 Å². The maximum Gasteiger partial charge on any atom is 0.170 e. The molecule has 1 aliphatic carbocycles. The Bertz CT molecular complexity index is 446. The number of halogens is 1. The van der Waals surface area contributed by atoms with Crippen molar-refractivity contribution in [3.05, 3.63) is 23.6 Å². The van der Waals surface area contributed by atoms with Crippen LogP contribution >= 0.6 is 0 Å². The molecule has 1 saturated carbocycles. The van der Waals surface area contributed by atoms with Crippen LogP contribution in [-0.4, -0.2) is 23.6 Å². The molecular weight excluding hydrogens is 265 g/mol. The molecule has 1 aromatic heterocycles. The van der Waals surface area contributed by atoms with Crippen LogP contribution in [0.4, 0.5) is 10.2 Å². The summed E-state index contributed by atoms with van der Waals surface area (Å²) in [7, 11) is 0. The third kappa shape index (κ3) is 4.40. The molecule has 1 aliphatic rings. The molecule has 0 bridgehead atoms. The van der Waals surface area contributed by atoms with E-state index < -0.39 is 0 Å². The molecule has 3 nitrogen and oxygen atoms in total. The summed E-state index contributed by atoms with van der Waals surface area (Å²) in [5, 5.41) is 3.38. The lowest BCUT2D eigenvalue weighted by atomic mass is 10.1. The molecule has 4 heteroatoms. The average Bonchev–Trinajstić information content (AvgIpc) is 3.31. The highest BCUT2D eigenvalue weighted by atomic mass is 19.1. The van der Waals surface area contributed by atoms with E-state index in [1.807, 2.05) is 0 Å². The van der Waals surface area contributed by atoms with Crippen LogP contribution in [-0.2, 0) is 6.54 Å². The number of nitrogens with one attached hydrogen (secondary N) is 1. The van der Waals surface area contributed by atoms with Crippen molar-refractivity contribution in [1.82, 2.24) is 10.3 Å². The fourth-order valence-corrected chi connectivity index (χ4v) is 2.43. The minimum Gasteiger partial charge on any atom is -0.351 e. The Balaban J connectivity index is 2.15. The second kappa shape index (κ2) is 7.74. The highest BCUT2D eigenvalue weighted by molar-refractivity contribution is 5.44. The summed E-state index contributed by atoms with van der Waals surface area (Å²) in [6, 6.07) is 2.69. The Morgan fingerprint density at radius 3 is 2.81 bits per heavy atom. The van der Waals surface area contributed by atoms with Crippen LogP contribution < -0.4 is 10.2 Å². The SMILES string of the molecule is CCCCN(c1nccc(CNC2CC2)c1F)C(C)CC. The summed E-state index contributed by atoms with van der Waals surface area (Å²) in [6.07, 6.45) is 7.34. The molecule has 21 heavy (non-hydrogen) atoms. The smallest absolute Gasteiger partial charge is 0.170 e. The summed E-state index contributed by atoms with van der Waals surface area (Å²) < 4.78 is 14.8. The summed E-state index contributed by atoms with van der Waals surface area (Å²) >= 11 is 0.